The lowest BCUT2D eigenvalue weighted by Gasteiger charge is -2.27. The Morgan fingerprint density at radius 1 is 1.20 bits per heavy atom. The summed E-state index contributed by atoms with van der Waals surface area (Å²) in [7, 11) is 0. The molecular formula is C11H17NO3. The highest BCUT2D eigenvalue weighted by atomic mass is 16.5. The van der Waals surface area contributed by atoms with Gasteiger partial charge in [0.1, 0.15) is 0 Å². The van der Waals surface area contributed by atoms with Crippen molar-refractivity contribution in [2.45, 2.75) is 32.1 Å². The monoisotopic (exact) mass is 211 g/mol. The molecule has 2 aliphatic heterocycles. The Hall–Kier alpha value is -0.900. The molecule has 0 aliphatic carbocycles. The number of ether oxygens (including phenoxy) is 1. The van der Waals surface area contributed by atoms with Crippen molar-refractivity contribution in [2.75, 3.05) is 13.2 Å². The molecule has 84 valence electrons. The van der Waals surface area contributed by atoms with Crippen LogP contribution in [0, 0.1) is 11.8 Å². The molecule has 0 saturated carbocycles. The molecule has 0 bridgehead atoms. The summed E-state index contributed by atoms with van der Waals surface area (Å²) in [5, 5.41) is 2.41. The van der Waals surface area contributed by atoms with Crippen molar-refractivity contribution in [1.29, 1.82) is 0 Å². The van der Waals surface area contributed by atoms with Crippen LogP contribution in [0.3, 0.4) is 0 Å². The Morgan fingerprint density at radius 2 is 1.93 bits per heavy atom. The average Bonchev–Trinajstić information content (AvgIpc) is 2.24. The van der Waals surface area contributed by atoms with E-state index in [-0.39, 0.29) is 17.7 Å². The third kappa shape index (κ3) is 2.78. The van der Waals surface area contributed by atoms with Gasteiger partial charge in [-0.05, 0) is 31.6 Å². The topological polar surface area (TPSA) is 55.4 Å². The first-order valence-corrected chi connectivity index (χ1v) is 5.67. The number of hydrogen-bond donors (Lipinski definition) is 1. The molecule has 1 N–H and O–H groups in total. The molecule has 4 nitrogen and oxygen atoms in total. The minimum Gasteiger partial charge on any atom is -0.381 e. The van der Waals surface area contributed by atoms with E-state index in [2.05, 4.69) is 5.32 Å². The van der Waals surface area contributed by atoms with Crippen LogP contribution in [0.1, 0.15) is 32.1 Å². The smallest absolute Gasteiger partial charge is 0.229 e. The Bertz CT molecular complexity index is 259. The minimum absolute atomic E-state index is 0.0470. The van der Waals surface area contributed by atoms with Gasteiger partial charge in [0.15, 0.2) is 0 Å². The summed E-state index contributed by atoms with van der Waals surface area (Å²) in [5.74, 6) is 0.453. The molecular weight excluding hydrogens is 194 g/mol. The van der Waals surface area contributed by atoms with E-state index in [9.17, 15) is 9.59 Å². The van der Waals surface area contributed by atoms with Crippen LogP contribution in [-0.4, -0.2) is 25.0 Å². The first-order chi connectivity index (χ1) is 7.25. The first-order valence-electron chi connectivity index (χ1n) is 5.67. The van der Waals surface area contributed by atoms with Gasteiger partial charge in [-0.1, -0.05) is 0 Å². The van der Waals surface area contributed by atoms with E-state index in [1.54, 1.807) is 0 Å². The summed E-state index contributed by atoms with van der Waals surface area (Å²) in [6.45, 7) is 1.63. The molecule has 2 amide bonds. The third-order valence-corrected chi connectivity index (χ3v) is 3.31. The molecule has 4 heteroatoms. The molecule has 0 aromatic carbocycles. The van der Waals surface area contributed by atoms with Crippen LogP contribution in [-0.2, 0) is 14.3 Å². The van der Waals surface area contributed by atoms with E-state index < -0.39 is 0 Å². The molecule has 1 unspecified atom stereocenters. The SMILES string of the molecule is O=C1CCC(CC2CCOCC2)C(=O)N1. The Balaban J connectivity index is 1.82. The summed E-state index contributed by atoms with van der Waals surface area (Å²) in [4.78, 5) is 22.5. The van der Waals surface area contributed by atoms with Crippen molar-refractivity contribution in [3.8, 4) is 0 Å². The van der Waals surface area contributed by atoms with Crippen LogP contribution in [0.25, 0.3) is 0 Å². The Labute approximate surface area is 89.4 Å². The van der Waals surface area contributed by atoms with Crippen LogP contribution >= 0.6 is 0 Å². The predicted octanol–water partition coefficient (Wildman–Crippen LogP) is 0.856. The summed E-state index contributed by atoms with van der Waals surface area (Å²) in [5.41, 5.74) is 0. The van der Waals surface area contributed by atoms with Crippen LogP contribution in [0.15, 0.2) is 0 Å². The maximum Gasteiger partial charge on any atom is 0.229 e. The fourth-order valence-corrected chi connectivity index (χ4v) is 2.35. The molecule has 2 rings (SSSR count). The predicted molar refractivity (Wildman–Crippen MR) is 54.0 cm³/mol. The molecule has 0 aromatic heterocycles. The minimum atomic E-state index is -0.122. The Morgan fingerprint density at radius 3 is 2.60 bits per heavy atom. The van der Waals surface area contributed by atoms with Gasteiger partial charge < -0.3 is 4.74 Å². The van der Waals surface area contributed by atoms with Gasteiger partial charge in [0.2, 0.25) is 11.8 Å². The zero-order valence-corrected chi connectivity index (χ0v) is 8.83. The highest BCUT2D eigenvalue weighted by Gasteiger charge is 2.29. The van der Waals surface area contributed by atoms with Gasteiger partial charge in [-0.25, -0.2) is 0 Å². The number of piperidine rings is 1. The number of nitrogens with one attached hydrogen (secondary N) is 1. The van der Waals surface area contributed by atoms with Gasteiger partial charge in [0.05, 0.1) is 0 Å². The van der Waals surface area contributed by atoms with E-state index in [1.165, 1.54) is 0 Å². The highest BCUT2D eigenvalue weighted by molar-refractivity contribution is 5.98. The average molecular weight is 211 g/mol. The van der Waals surface area contributed by atoms with E-state index in [4.69, 9.17) is 4.74 Å². The highest BCUT2D eigenvalue weighted by Crippen LogP contribution is 2.27. The molecule has 0 aromatic rings. The maximum absolute atomic E-state index is 11.5. The second-order valence-electron chi connectivity index (χ2n) is 4.44. The van der Waals surface area contributed by atoms with Crippen LogP contribution < -0.4 is 5.32 Å². The summed E-state index contributed by atoms with van der Waals surface area (Å²) >= 11 is 0. The van der Waals surface area contributed by atoms with E-state index in [0.29, 0.717) is 12.3 Å². The van der Waals surface area contributed by atoms with Gasteiger partial charge in [0, 0.05) is 25.6 Å². The fraction of sp³-hybridized carbons (Fsp3) is 0.818. The zero-order valence-electron chi connectivity index (χ0n) is 8.83. The fourth-order valence-electron chi connectivity index (χ4n) is 2.35. The standard InChI is InChI=1S/C11H17NO3/c13-10-2-1-9(11(14)12-10)7-8-3-5-15-6-4-8/h8-9H,1-7H2,(H,12,13,14). The van der Waals surface area contributed by atoms with Crippen molar-refractivity contribution >= 4 is 11.8 Å². The molecule has 1 atom stereocenters. The second kappa shape index (κ2) is 4.75. The summed E-state index contributed by atoms with van der Waals surface area (Å²) in [6.07, 6.45) is 4.25. The quantitative estimate of drug-likeness (QED) is 0.689. The van der Waals surface area contributed by atoms with Gasteiger partial charge in [0.25, 0.3) is 0 Å². The molecule has 2 saturated heterocycles. The number of hydrogen-bond acceptors (Lipinski definition) is 3. The normalized spacial score (nSPS) is 28.9. The lowest BCUT2D eigenvalue weighted by Crippen LogP contribution is -2.41. The lowest BCUT2D eigenvalue weighted by molar-refractivity contribution is -0.137. The molecule has 2 aliphatic rings. The zero-order chi connectivity index (χ0) is 10.7. The van der Waals surface area contributed by atoms with Gasteiger partial charge in [-0.3, -0.25) is 14.9 Å². The van der Waals surface area contributed by atoms with Gasteiger partial charge in [-0.15, -0.1) is 0 Å². The summed E-state index contributed by atoms with van der Waals surface area (Å²) < 4.78 is 5.28. The molecule has 2 heterocycles. The van der Waals surface area contributed by atoms with Crippen LogP contribution in [0.2, 0.25) is 0 Å². The molecule has 0 spiro atoms. The molecule has 0 radical (unpaired) electrons. The first kappa shape index (κ1) is 10.6. The largest absolute Gasteiger partial charge is 0.381 e. The van der Waals surface area contributed by atoms with E-state index >= 15 is 0 Å². The van der Waals surface area contributed by atoms with Crippen molar-refractivity contribution in [3.63, 3.8) is 0 Å². The number of amides is 2. The van der Waals surface area contributed by atoms with Crippen molar-refractivity contribution in [3.05, 3.63) is 0 Å². The van der Waals surface area contributed by atoms with Gasteiger partial charge >= 0.3 is 0 Å². The van der Waals surface area contributed by atoms with Crippen LogP contribution in [0.5, 0.6) is 0 Å². The van der Waals surface area contributed by atoms with Crippen molar-refractivity contribution in [2.24, 2.45) is 11.8 Å². The summed E-state index contributed by atoms with van der Waals surface area (Å²) in [6, 6.07) is 0. The van der Waals surface area contributed by atoms with Crippen molar-refractivity contribution in [1.82, 2.24) is 5.32 Å². The second-order valence-corrected chi connectivity index (χ2v) is 4.44. The Kier molecular flexibility index (Phi) is 3.36. The number of carbonyl (C=O) groups excluding carboxylic acids is 2. The maximum atomic E-state index is 11.5. The number of carbonyl (C=O) groups is 2. The van der Waals surface area contributed by atoms with E-state index in [1.807, 2.05) is 0 Å². The van der Waals surface area contributed by atoms with Gasteiger partial charge in [-0.2, -0.15) is 0 Å². The van der Waals surface area contributed by atoms with Crippen molar-refractivity contribution < 1.29 is 14.3 Å². The third-order valence-electron chi connectivity index (χ3n) is 3.31. The molecule has 2 fully saturated rings. The van der Waals surface area contributed by atoms with E-state index in [0.717, 1.165) is 38.9 Å². The molecule has 15 heavy (non-hydrogen) atoms. The number of rotatable bonds is 2. The number of imide groups is 1. The lowest BCUT2D eigenvalue weighted by atomic mass is 9.84. The van der Waals surface area contributed by atoms with Crippen LogP contribution in [0.4, 0.5) is 0 Å².